The van der Waals surface area contributed by atoms with Gasteiger partial charge < -0.3 is 9.15 Å². The predicted molar refractivity (Wildman–Crippen MR) is 54.4 cm³/mol. The monoisotopic (exact) mass is 204 g/mol. The predicted octanol–water partition coefficient (Wildman–Crippen LogP) is 1.61. The van der Waals surface area contributed by atoms with Crippen LogP contribution in [0.1, 0.15) is 10.4 Å². The molecule has 1 aromatic carbocycles. The maximum Gasteiger partial charge on any atom is 0.336 e. The third-order valence-corrected chi connectivity index (χ3v) is 2.11. The second kappa shape index (κ2) is 3.57. The fourth-order valence-electron chi connectivity index (χ4n) is 1.39. The lowest BCUT2D eigenvalue weighted by Crippen LogP contribution is -1.99. The number of benzene rings is 1. The highest BCUT2D eigenvalue weighted by molar-refractivity contribution is 5.95. The van der Waals surface area contributed by atoms with E-state index in [1.54, 1.807) is 18.2 Å². The molecule has 2 aromatic rings. The minimum absolute atomic E-state index is 0.323. The second-order valence-corrected chi connectivity index (χ2v) is 3.00. The zero-order valence-corrected chi connectivity index (χ0v) is 8.02. The first-order valence-corrected chi connectivity index (χ1v) is 4.31. The van der Waals surface area contributed by atoms with Gasteiger partial charge in [0.2, 0.25) is 0 Å². The van der Waals surface area contributed by atoms with E-state index in [1.807, 2.05) is 0 Å². The van der Waals surface area contributed by atoms with Crippen molar-refractivity contribution in [3.63, 3.8) is 0 Å². The molecule has 0 saturated heterocycles. The minimum Gasteiger partial charge on any atom is -0.497 e. The molecule has 15 heavy (non-hydrogen) atoms. The summed E-state index contributed by atoms with van der Waals surface area (Å²) in [6, 6.07) is 6.13. The lowest BCUT2D eigenvalue weighted by atomic mass is 10.1. The molecule has 0 saturated carbocycles. The van der Waals surface area contributed by atoms with Crippen LogP contribution >= 0.6 is 0 Å². The fraction of sp³-hybridized carbons (Fsp3) is 0.0909. The van der Waals surface area contributed by atoms with Gasteiger partial charge in [-0.25, -0.2) is 4.79 Å². The molecule has 0 aliphatic rings. The van der Waals surface area contributed by atoms with Gasteiger partial charge in [-0.15, -0.1) is 0 Å². The van der Waals surface area contributed by atoms with E-state index in [9.17, 15) is 9.59 Å². The highest BCUT2D eigenvalue weighted by Gasteiger charge is 2.05. The van der Waals surface area contributed by atoms with Crippen LogP contribution in [-0.2, 0) is 0 Å². The quantitative estimate of drug-likeness (QED) is 0.551. The molecule has 0 spiro atoms. The van der Waals surface area contributed by atoms with Gasteiger partial charge in [0.1, 0.15) is 11.3 Å². The number of carbonyl (C=O) groups excluding carboxylic acids is 1. The van der Waals surface area contributed by atoms with Crippen LogP contribution in [0.3, 0.4) is 0 Å². The Balaban J connectivity index is 2.83. The summed E-state index contributed by atoms with van der Waals surface area (Å²) in [7, 11) is 1.52. The van der Waals surface area contributed by atoms with Gasteiger partial charge in [-0.1, -0.05) is 0 Å². The summed E-state index contributed by atoms with van der Waals surface area (Å²) in [6.45, 7) is 0. The fourth-order valence-corrected chi connectivity index (χ4v) is 1.39. The first kappa shape index (κ1) is 9.45. The van der Waals surface area contributed by atoms with Crippen molar-refractivity contribution in [1.82, 2.24) is 0 Å². The topological polar surface area (TPSA) is 56.5 Å². The zero-order valence-electron chi connectivity index (χ0n) is 8.02. The first-order valence-electron chi connectivity index (χ1n) is 4.31. The lowest BCUT2D eigenvalue weighted by molar-refractivity contribution is 0.112. The van der Waals surface area contributed by atoms with Crippen molar-refractivity contribution >= 4 is 17.3 Å². The average molecular weight is 204 g/mol. The normalized spacial score (nSPS) is 10.2. The van der Waals surface area contributed by atoms with Crippen LogP contribution in [0.5, 0.6) is 5.75 Å². The van der Waals surface area contributed by atoms with E-state index in [4.69, 9.17) is 9.15 Å². The maximum absolute atomic E-state index is 11.1. The molecule has 0 radical (unpaired) electrons. The summed E-state index contributed by atoms with van der Waals surface area (Å²) in [6.07, 6.45) is 0.631. The molecule has 1 aromatic heterocycles. The molecular weight excluding hydrogens is 196 g/mol. The summed E-state index contributed by atoms with van der Waals surface area (Å²) >= 11 is 0. The molecule has 2 rings (SSSR count). The van der Waals surface area contributed by atoms with Crippen LogP contribution < -0.4 is 10.4 Å². The van der Waals surface area contributed by atoms with E-state index in [0.29, 0.717) is 28.6 Å². The number of fused-ring (bicyclic) bond motifs is 1. The summed E-state index contributed by atoms with van der Waals surface area (Å²) < 4.78 is 9.94. The Morgan fingerprint density at radius 3 is 2.80 bits per heavy atom. The Labute approximate surface area is 85.1 Å². The Morgan fingerprint density at radius 2 is 2.13 bits per heavy atom. The van der Waals surface area contributed by atoms with Crippen molar-refractivity contribution < 1.29 is 13.9 Å². The van der Waals surface area contributed by atoms with Gasteiger partial charge in [-0.05, 0) is 12.1 Å². The van der Waals surface area contributed by atoms with Gasteiger partial charge in [-0.2, -0.15) is 0 Å². The number of carbonyl (C=O) groups is 1. The van der Waals surface area contributed by atoms with Crippen LogP contribution in [0.2, 0.25) is 0 Å². The lowest BCUT2D eigenvalue weighted by Gasteiger charge is -2.02. The number of ether oxygens (including phenoxy) is 1. The van der Waals surface area contributed by atoms with E-state index in [1.165, 1.54) is 13.2 Å². The van der Waals surface area contributed by atoms with Crippen molar-refractivity contribution in [3.8, 4) is 5.75 Å². The number of rotatable bonds is 2. The molecule has 0 unspecified atom stereocenters. The molecule has 0 bridgehead atoms. The number of methoxy groups -OCH3 is 1. The summed E-state index contributed by atoms with van der Waals surface area (Å²) in [5.41, 5.74) is 0.130. The minimum atomic E-state index is -0.544. The van der Waals surface area contributed by atoms with E-state index >= 15 is 0 Å². The molecule has 1 heterocycles. The molecule has 0 fully saturated rings. The molecule has 0 amide bonds. The number of hydrogen-bond acceptors (Lipinski definition) is 4. The van der Waals surface area contributed by atoms with Gasteiger partial charge >= 0.3 is 5.63 Å². The van der Waals surface area contributed by atoms with Crippen molar-refractivity contribution in [1.29, 1.82) is 0 Å². The highest BCUT2D eigenvalue weighted by atomic mass is 16.5. The van der Waals surface area contributed by atoms with Crippen LogP contribution in [-0.4, -0.2) is 13.4 Å². The molecule has 0 aliphatic carbocycles. The average Bonchev–Trinajstić information content (AvgIpc) is 2.26. The highest BCUT2D eigenvalue weighted by Crippen LogP contribution is 2.21. The van der Waals surface area contributed by atoms with Crippen molar-refractivity contribution in [2.24, 2.45) is 0 Å². The van der Waals surface area contributed by atoms with Gasteiger partial charge in [0.25, 0.3) is 0 Å². The third-order valence-electron chi connectivity index (χ3n) is 2.11. The number of hydrogen-bond donors (Lipinski definition) is 0. The van der Waals surface area contributed by atoms with Crippen molar-refractivity contribution in [2.45, 2.75) is 0 Å². The zero-order chi connectivity index (χ0) is 10.8. The maximum atomic E-state index is 11.1. The standard InChI is InChI=1S/C11H8O4/c1-14-8-2-3-9-7(6-12)4-11(13)15-10(9)5-8/h2-6H,1H3. The molecule has 0 N–H and O–H groups in total. The van der Waals surface area contributed by atoms with Crippen molar-refractivity contribution in [3.05, 3.63) is 40.2 Å². The summed E-state index contributed by atoms with van der Waals surface area (Å²) in [5.74, 6) is 0.577. The Morgan fingerprint density at radius 1 is 1.33 bits per heavy atom. The van der Waals surface area contributed by atoms with Crippen molar-refractivity contribution in [2.75, 3.05) is 7.11 Å². The van der Waals surface area contributed by atoms with Gasteiger partial charge in [0, 0.05) is 23.1 Å². The molecule has 4 nitrogen and oxygen atoms in total. The number of aldehydes is 1. The first-order chi connectivity index (χ1) is 7.24. The molecule has 4 heteroatoms. The van der Waals surface area contributed by atoms with Crippen LogP contribution in [0.25, 0.3) is 11.0 Å². The van der Waals surface area contributed by atoms with Gasteiger partial charge in [0.05, 0.1) is 7.11 Å². The van der Waals surface area contributed by atoms with E-state index in [2.05, 4.69) is 0 Å². The van der Waals surface area contributed by atoms with Crippen LogP contribution in [0.15, 0.2) is 33.5 Å². The summed E-state index contributed by atoms with van der Waals surface area (Å²) in [5, 5.41) is 0.602. The van der Waals surface area contributed by atoms with Crippen LogP contribution in [0, 0.1) is 0 Å². The Kier molecular flexibility index (Phi) is 2.25. The van der Waals surface area contributed by atoms with E-state index < -0.39 is 5.63 Å². The van der Waals surface area contributed by atoms with Gasteiger partial charge in [0.15, 0.2) is 6.29 Å². The molecule has 0 atom stereocenters. The largest absolute Gasteiger partial charge is 0.497 e. The molecule has 76 valence electrons. The SMILES string of the molecule is COc1ccc2c(C=O)cc(=O)oc2c1. The summed E-state index contributed by atoms with van der Waals surface area (Å²) in [4.78, 5) is 21.8. The molecule has 0 aliphatic heterocycles. The second-order valence-electron chi connectivity index (χ2n) is 3.00. The van der Waals surface area contributed by atoms with E-state index in [0.717, 1.165) is 0 Å². The third kappa shape index (κ3) is 1.61. The van der Waals surface area contributed by atoms with Crippen LogP contribution in [0.4, 0.5) is 0 Å². The van der Waals surface area contributed by atoms with Gasteiger partial charge in [-0.3, -0.25) is 4.79 Å². The Hall–Kier alpha value is -2.10. The smallest absolute Gasteiger partial charge is 0.336 e. The Bertz CT molecular complexity index is 568. The van der Waals surface area contributed by atoms with E-state index in [-0.39, 0.29) is 0 Å². The molecular formula is C11H8O4.